The first-order valence-electron chi connectivity index (χ1n) is 10.3. The number of ether oxygens (including phenoxy) is 2. The molecule has 2 aliphatic rings. The molecule has 7 heteroatoms. The zero-order valence-corrected chi connectivity index (χ0v) is 17.7. The average molecular weight is 444 g/mol. The molecule has 6 rings (SSSR count). The van der Waals surface area contributed by atoms with Gasteiger partial charge in [-0.1, -0.05) is 60.1 Å². The highest BCUT2D eigenvalue weighted by Crippen LogP contribution is 2.44. The maximum atomic E-state index is 13.5. The van der Waals surface area contributed by atoms with Crippen molar-refractivity contribution in [3.8, 4) is 22.8 Å². The summed E-state index contributed by atoms with van der Waals surface area (Å²) < 4.78 is 10.9. The zero-order valence-electron chi connectivity index (χ0n) is 16.9. The Morgan fingerprint density at radius 3 is 2.59 bits per heavy atom. The quantitative estimate of drug-likeness (QED) is 0.470. The van der Waals surface area contributed by atoms with Gasteiger partial charge in [-0.25, -0.2) is 0 Å². The topological polar surface area (TPSA) is 67.5 Å². The predicted molar refractivity (Wildman–Crippen MR) is 120 cm³/mol. The minimum atomic E-state index is -0.270. The van der Waals surface area contributed by atoms with Crippen molar-refractivity contribution in [3.63, 3.8) is 0 Å². The van der Waals surface area contributed by atoms with Crippen LogP contribution in [-0.4, -0.2) is 27.8 Å². The van der Waals surface area contributed by atoms with Crippen molar-refractivity contribution in [1.29, 1.82) is 0 Å². The Labute approximate surface area is 189 Å². The first-order chi connectivity index (χ1) is 15.7. The number of carbonyl (C=O) groups is 1. The van der Waals surface area contributed by atoms with Gasteiger partial charge in [0.2, 0.25) is 6.79 Å². The van der Waals surface area contributed by atoms with E-state index in [4.69, 9.17) is 21.1 Å². The summed E-state index contributed by atoms with van der Waals surface area (Å²) in [7, 11) is 0. The van der Waals surface area contributed by atoms with E-state index in [0.29, 0.717) is 23.0 Å². The number of carbonyl (C=O) groups excluding carboxylic acids is 1. The van der Waals surface area contributed by atoms with E-state index in [1.807, 2.05) is 77.7 Å². The molecule has 1 aromatic heterocycles. The van der Waals surface area contributed by atoms with Crippen LogP contribution < -0.4 is 9.47 Å². The molecule has 0 radical (unpaired) electrons. The zero-order chi connectivity index (χ0) is 21.7. The number of nitrogens with zero attached hydrogens (tertiary/aromatic N) is 2. The highest BCUT2D eigenvalue weighted by Gasteiger charge is 2.42. The number of amides is 1. The summed E-state index contributed by atoms with van der Waals surface area (Å²) in [4.78, 5) is 15.4. The van der Waals surface area contributed by atoms with E-state index < -0.39 is 0 Å². The van der Waals surface area contributed by atoms with Crippen LogP contribution >= 0.6 is 11.6 Å². The second kappa shape index (κ2) is 7.43. The van der Waals surface area contributed by atoms with Gasteiger partial charge in [0.25, 0.3) is 5.91 Å². The van der Waals surface area contributed by atoms with E-state index in [2.05, 4.69) is 10.2 Å². The number of benzene rings is 3. The smallest absolute Gasteiger partial charge is 0.273 e. The number of aromatic amines is 1. The fraction of sp³-hybridized carbons (Fsp3) is 0.120. The van der Waals surface area contributed by atoms with Gasteiger partial charge in [0.15, 0.2) is 11.5 Å². The molecule has 0 spiro atoms. The lowest BCUT2D eigenvalue weighted by Gasteiger charge is -2.26. The summed E-state index contributed by atoms with van der Waals surface area (Å²) in [5.41, 5.74) is 5.05. The summed E-state index contributed by atoms with van der Waals surface area (Å²) in [6, 6.07) is 23.0. The minimum absolute atomic E-state index is 0.0840. The van der Waals surface area contributed by atoms with Crippen molar-refractivity contribution in [3.05, 3.63) is 100 Å². The van der Waals surface area contributed by atoms with Crippen LogP contribution in [0.15, 0.2) is 72.8 Å². The van der Waals surface area contributed by atoms with Crippen molar-refractivity contribution in [2.24, 2.45) is 0 Å². The Kier molecular flexibility index (Phi) is 4.40. The molecule has 1 amide bonds. The number of H-pyrrole nitrogens is 1. The van der Waals surface area contributed by atoms with Crippen molar-refractivity contribution in [2.45, 2.75) is 12.6 Å². The van der Waals surface area contributed by atoms with E-state index in [1.54, 1.807) is 0 Å². The summed E-state index contributed by atoms with van der Waals surface area (Å²) >= 11 is 6.08. The number of hydrogen-bond acceptors (Lipinski definition) is 4. The van der Waals surface area contributed by atoms with Gasteiger partial charge in [-0.05, 0) is 35.4 Å². The van der Waals surface area contributed by atoms with Crippen LogP contribution in [0.5, 0.6) is 11.5 Å². The predicted octanol–water partition coefficient (Wildman–Crippen LogP) is 5.20. The van der Waals surface area contributed by atoms with Crippen LogP contribution in [0, 0.1) is 0 Å². The molecule has 1 atom stereocenters. The lowest BCUT2D eigenvalue weighted by atomic mass is 9.96. The Morgan fingerprint density at radius 1 is 1.00 bits per heavy atom. The third-order valence-corrected chi connectivity index (χ3v) is 6.14. The second-order valence-corrected chi connectivity index (χ2v) is 8.24. The molecule has 0 saturated carbocycles. The van der Waals surface area contributed by atoms with Crippen LogP contribution in [0.25, 0.3) is 11.3 Å². The molecular weight excluding hydrogens is 426 g/mol. The molecular formula is C25H18ClN3O3. The normalized spacial score (nSPS) is 16.5. The summed E-state index contributed by atoms with van der Waals surface area (Å²) in [5, 5.41) is 8.14. The fourth-order valence-corrected chi connectivity index (χ4v) is 4.53. The molecule has 4 aromatic rings. The Hall–Kier alpha value is -3.77. The Bertz CT molecular complexity index is 1320. The number of halogens is 1. The first kappa shape index (κ1) is 19.0. The van der Waals surface area contributed by atoms with Gasteiger partial charge in [0, 0.05) is 22.7 Å². The minimum Gasteiger partial charge on any atom is -0.454 e. The van der Waals surface area contributed by atoms with Crippen LogP contribution in [-0.2, 0) is 6.54 Å². The molecule has 1 N–H and O–H groups in total. The number of nitrogens with one attached hydrogen (secondary N) is 1. The lowest BCUT2D eigenvalue weighted by Crippen LogP contribution is -2.29. The molecule has 0 saturated heterocycles. The molecule has 0 fully saturated rings. The van der Waals surface area contributed by atoms with Crippen LogP contribution in [0.2, 0.25) is 5.02 Å². The SMILES string of the molecule is O=C1c2[nH]nc(-c3ccc(Cl)cc3)c2C(c2ccccc2)N1Cc1ccc2c(c1)OCO2. The van der Waals surface area contributed by atoms with Gasteiger partial charge >= 0.3 is 0 Å². The van der Waals surface area contributed by atoms with Crippen LogP contribution in [0.3, 0.4) is 0 Å². The number of rotatable bonds is 4. The second-order valence-electron chi connectivity index (χ2n) is 7.80. The Morgan fingerprint density at radius 2 is 1.78 bits per heavy atom. The molecule has 158 valence electrons. The summed E-state index contributed by atoms with van der Waals surface area (Å²) in [6.07, 6.45) is 0. The highest BCUT2D eigenvalue weighted by atomic mass is 35.5. The van der Waals surface area contributed by atoms with E-state index in [1.165, 1.54) is 0 Å². The lowest BCUT2D eigenvalue weighted by molar-refractivity contribution is 0.0730. The number of hydrogen-bond donors (Lipinski definition) is 1. The standard InChI is InChI=1S/C25H18ClN3O3/c26-18-9-7-16(8-10-18)22-21-23(28-27-22)25(30)29(24(21)17-4-2-1-3-5-17)13-15-6-11-19-20(12-15)32-14-31-19/h1-12,24H,13-14H2,(H,27,28). The third-order valence-electron chi connectivity index (χ3n) is 5.89. The molecule has 3 aromatic carbocycles. The maximum Gasteiger partial charge on any atom is 0.273 e. The van der Waals surface area contributed by atoms with Crippen LogP contribution in [0.4, 0.5) is 0 Å². The van der Waals surface area contributed by atoms with Crippen LogP contribution in [0.1, 0.15) is 33.2 Å². The highest BCUT2D eigenvalue weighted by molar-refractivity contribution is 6.30. The van der Waals surface area contributed by atoms with E-state index in [0.717, 1.165) is 33.7 Å². The summed E-state index contributed by atoms with van der Waals surface area (Å²) in [5.74, 6) is 1.34. The molecule has 32 heavy (non-hydrogen) atoms. The van der Waals surface area contributed by atoms with Gasteiger partial charge in [-0.2, -0.15) is 5.10 Å². The molecule has 0 aliphatic carbocycles. The molecule has 6 nitrogen and oxygen atoms in total. The van der Waals surface area contributed by atoms with Crippen molar-refractivity contribution in [2.75, 3.05) is 6.79 Å². The van der Waals surface area contributed by atoms with Crippen molar-refractivity contribution in [1.82, 2.24) is 15.1 Å². The maximum absolute atomic E-state index is 13.5. The van der Waals surface area contributed by atoms with Crippen molar-refractivity contribution < 1.29 is 14.3 Å². The van der Waals surface area contributed by atoms with Crippen molar-refractivity contribution >= 4 is 17.5 Å². The molecule has 1 unspecified atom stereocenters. The third kappa shape index (κ3) is 3.03. The Balaban J connectivity index is 1.45. The van der Waals surface area contributed by atoms with E-state index in [9.17, 15) is 4.79 Å². The molecule has 3 heterocycles. The largest absolute Gasteiger partial charge is 0.454 e. The van der Waals surface area contributed by atoms with Gasteiger partial charge < -0.3 is 14.4 Å². The number of fused-ring (bicyclic) bond motifs is 2. The first-order valence-corrected chi connectivity index (χ1v) is 10.7. The van der Waals surface area contributed by atoms with E-state index >= 15 is 0 Å². The van der Waals surface area contributed by atoms with Gasteiger partial charge in [-0.15, -0.1) is 0 Å². The fourth-order valence-electron chi connectivity index (χ4n) is 4.41. The summed E-state index contributed by atoms with van der Waals surface area (Å²) in [6.45, 7) is 0.645. The van der Waals surface area contributed by atoms with E-state index in [-0.39, 0.29) is 18.7 Å². The monoisotopic (exact) mass is 443 g/mol. The van der Waals surface area contributed by atoms with Gasteiger partial charge in [-0.3, -0.25) is 9.89 Å². The number of aromatic nitrogens is 2. The molecule has 2 aliphatic heterocycles. The molecule has 0 bridgehead atoms. The average Bonchev–Trinajstić information content (AvgIpc) is 3.52. The van der Waals surface area contributed by atoms with Gasteiger partial charge in [0.05, 0.1) is 11.7 Å². The van der Waals surface area contributed by atoms with Gasteiger partial charge in [0.1, 0.15) is 5.69 Å².